The number of amides is 2. The molecule has 2 aliphatic carbocycles. The lowest BCUT2D eigenvalue weighted by Crippen LogP contribution is -2.45. The highest BCUT2D eigenvalue weighted by molar-refractivity contribution is 7.18. The van der Waals surface area contributed by atoms with Gasteiger partial charge >= 0.3 is 0 Å². The number of aryl methyl sites for hydroxylation is 2. The molecular formula is C61H88N6O6S2. The third kappa shape index (κ3) is 20.0. The van der Waals surface area contributed by atoms with E-state index in [0.717, 1.165) is 88.2 Å². The number of nitrogens with zero attached hydrogens (tertiary/aromatic N) is 4. The molecule has 0 bridgehead atoms. The molecule has 0 radical (unpaired) electrons. The number of Topliss-reactive ketones (excluding diaryl/α,β-unsaturated/α-hetero) is 4. The molecule has 0 aliphatic heterocycles. The second-order valence-electron chi connectivity index (χ2n) is 22.0. The van der Waals surface area contributed by atoms with E-state index in [0.29, 0.717) is 87.4 Å². The minimum absolute atomic E-state index is 0.0613. The van der Waals surface area contributed by atoms with Crippen molar-refractivity contribution in [1.29, 1.82) is 0 Å². The third-order valence-electron chi connectivity index (χ3n) is 15.1. The number of ketones is 4. The summed E-state index contributed by atoms with van der Waals surface area (Å²) in [5.74, 6) is -0.0776. The Labute approximate surface area is 456 Å². The number of carbonyl (C=O) groups is 6. The predicted molar refractivity (Wildman–Crippen MR) is 308 cm³/mol. The maximum Gasteiger partial charge on any atom is 0.224 e. The van der Waals surface area contributed by atoms with Crippen molar-refractivity contribution in [2.24, 2.45) is 23.7 Å². The average molecular weight is 1070 g/mol. The Morgan fingerprint density at radius 3 is 1.43 bits per heavy atom. The van der Waals surface area contributed by atoms with Gasteiger partial charge in [0, 0.05) is 87.7 Å². The summed E-state index contributed by atoms with van der Waals surface area (Å²) in [6.45, 7) is 16.9. The minimum atomic E-state index is -0.459. The predicted octanol–water partition coefficient (Wildman–Crippen LogP) is 11.6. The van der Waals surface area contributed by atoms with Crippen LogP contribution in [0.1, 0.15) is 157 Å². The first kappa shape index (κ1) is 61.1. The van der Waals surface area contributed by atoms with Crippen LogP contribution < -0.4 is 10.6 Å². The monoisotopic (exact) mass is 1060 g/mol. The van der Waals surface area contributed by atoms with Gasteiger partial charge in [0.2, 0.25) is 11.8 Å². The molecule has 2 aromatic heterocycles. The normalized spacial score (nSPS) is 16.0. The Morgan fingerprint density at radius 2 is 1.03 bits per heavy atom. The van der Waals surface area contributed by atoms with Crippen LogP contribution in [0.2, 0.25) is 0 Å². The fraction of sp³-hybridized carbons (Fsp3) is 0.607. The van der Waals surface area contributed by atoms with Crippen LogP contribution in [0.3, 0.4) is 0 Å². The fourth-order valence-electron chi connectivity index (χ4n) is 10.7. The summed E-state index contributed by atoms with van der Waals surface area (Å²) in [4.78, 5) is 91.2. The van der Waals surface area contributed by atoms with E-state index in [-0.39, 0.29) is 59.9 Å². The average Bonchev–Trinajstić information content (AvgIpc) is 4.00. The number of rotatable bonds is 29. The molecule has 2 amide bonds. The van der Waals surface area contributed by atoms with E-state index in [1.165, 1.54) is 24.0 Å². The van der Waals surface area contributed by atoms with Gasteiger partial charge in [-0.2, -0.15) is 0 Å². The van der Waals surface area contributed by atoms with Crippen LogP contribution in [0, 0.1) is 30.6 Å². The largest absolute Gasteiger partial charge is 0.353 e. The lowest BCUT2D eigenvalue weighted by molar-refractivity contribution is -0.130. The molecule has 2 N–H and O–H groups in total. The van der Waals surface area contributed by atoms with Crippen molar-refractivity contribution in [3.05, 3.63) is 81.8 Å². The summed E-state index contributed by atoms with van der Waals surface area (Å²) < 4.78 is 2.23. The summed E-state index contributed by atoms with van der Waals surface area (Å²) in [5, 5.41) is 8.40. The standard InChI is InChI=1S/C31H45N3O3S.C30H43N3O3S/c1-6-22-13-14-27-29(17-22)38-30(32-27)19-24(18-25(35)7-2)31(37)33-26(23-11-9-8-10-12-23)15-16-28(36)21(3)20-34(4)5;1-6-24(34)17-23(18-29-31-26-13-12-20(2)16-28(26)37-29)30(36)32-25(22-10-8-7-9-11-22)14-15-27(35)21(3)19-33(4)5/h13-14,17,23-24,26H,3,6-12,15-16,18-20H2,1-2,4-5H3,(H,33,37);12-13,16,22-23,25H,3,6-11,14-15,17-19H2,1-2,4-5H3,(H,32,36)/t24-,26?;23-,25?/m00/s1. The van der Waals surface area contributed by atoms with E-state index in [9.17, 15) is 28.8 Å². The summed E-state index contributed by atoms with van der Waals surface area (Å²) in [5.41, 5.74) is 5.54. The molecule has 6 rings (SSSR count). The highest BCUT2D eigenvalue weighted by atomic mass is 32.1. The first-order valence-corrected chi connectivity index (χ1v) is 29.6. The molecule has 2 aliphatic rings. The van der Waals surface area contributed by atoms with E-state index in [4.69, 9.17) is 9.97 Å². The molecule has 4 atom stereocenters. The Hall–Kier alpha value is -4.76. The molecule has 0 saturated heterocycles. The molecule has 2 fully saturated rings. The zero-order valence-corrected chi connectivity index (χ0v) is 48.3. The molecule has 2 saturated carbocycles. The van der Waals surface area contributed by atoms with Gasteiger partial charge in [0.1, 0.15) is 11.6 Å². The smallest absolute Gasteiger partial charge is 0.224 e. The molecule has 12 nitrogen and oxygen atoms in total. The lowest BCUT2D eigenvalue weighted by atomic mass is 9.81. The maximum atomic E-state index is 13.7. The zero-order chi connectivity index (χ0) is 54.6. The quantitative estimate of drug-likeness (QED) is 0.0501. The summed E-state index contributed by atoms with van der Waals surface area (Å²) in [6.07, 6.45) is 16.4. The van der Waals surface area contributed by atoms with Crippen LogP contribution in [0.4, 0.5) is 0 Å². The number of hydrogen-bond acceptors (Lipinski definition) is 12. The van der Waals surface area contributed by atoms with Crippen LogP contribution in [-0.4, -0.2) is 108 Å². The second-order valence-corrected chi connectivity index (χ2v) is 24.2. The van der Waals surface area contributed by atoms with E-state index >= 15 is 0 Å². The van der Waals surface area contributed by atoms with Gasteiger partial charge in [-0.25, -0.2) is 9.97 Å². The number of benzene rings is 2. The van der Waals surface area contributed by atoms with E-state index in [1.807, 2.05) is 70.0 Å². The summed E-state index contributed by atoms with van der Waals surface area (Å²) >= 11 is 3.22. The van der Waals surface area contributed by atoms with Gasteiger partial charge in [-0.1, -0.05) is 84.6 Å². The van der Waals surface area contributed by atoms with Crippen LogP contribution >= 0.6 is 22.7 Å². The van der Waals surface area contributed by atoms with Crippen LogP contribution in [-0.2, 0) is 48.0 Å². The molecule has 410 valence electrons. The van der Waals surface area contributed by atoms with Crippen molar-refractivity contribution >= 4 is 78.1 Å². The van der Waals surface area contributed by atoms with Gasteiger partial charge in [-0.15, -0.1) is 22.7 Å². The van der Waals surface area contributed by atoms with Gasteiger partial charge in [0.15, 0.2) is 11.6 Å². The number of thiazole rings is 2. The van der Waals surface area contributed by atoms with Crippen molar-refractivity contribution in [3.63, 3.8) is 0 Å². The van der Waals surface area contributed by atoms with Gasteiger partial charge in [0.05, 0.1) is 42.3 Å². The molecule has 0 spiro atoms. The highest BCUT2D eigenvalue weighted by Gasteiger charge is 2.32. The summed E-state index contributed by atoms with van der Waals surface area (Å²) in [7, 11) is 7.70. The van der Waals surface area contributed by atoms with Gasteiger partial charge < -0.3 is 20.4 Å². The van der Waals surface area contributed by atoms with E-state index in [1.54, 1.807) is 22.7 Å². The van der Waals surface area contributed by atoms with Crippen LogP contribution in [0.25, 0.3) is 20.4 Å². The highest BCUT2D eigenvalue weighted by Crippen LogP contribution is 2.33. The lowest BCUT2D eigenvalue weighted by Gasteiger charge is -2.32. The molecule has 14 heteroatoms. The number of carbonyl (C=O) groups excluding carboxylic acids is 6. The van der Waals surface area contributed by atoms with Crippen molar-refractivity contribution in [1.82, 2.24) is 30.4 Å². The van der Waals surface area contributed by atoms with Crippen molar-refractivity contribution in [3.8, 4) is 0 Å². The van der Waals surface area contributed by atoms with Gasteiger partial charge in [-0.3, -0.25) is 28.8 Å². The van der Waals surface area contributed by atoms with Crippen LogP contribution in [0.5, 0.6) is 0 Å². The van der Waals surface area contributed by atoms with Gasteiger partial charge in [0.25, 0.3) is 0 Å². The second kappa shape index (κ2) is 30.8. The molecular weight excluding hydrogens is 977 g/mol. The van der Waals surface area contributed by atoms with Crippen molar-refractivity contribution in [2.75, 3.05) is 41.3 Å². The molecule has 2 heterocycles. The first-order valence-electron chi connectivity index (χ1n) is 28.0. The number of likely N-dealkylation sites (N-methyl/N-ethyl adjacent to an activating group) is 2. The Kier molecular flexibility index (Phi) is 25.1. The number of aromatic nitrogens is 2. The van der Waals surface area contributed by atoms with Gasteiger partial charge in [-0.05, 0) is 127 Å². The maximum absolute atomic E-state index is 13.7. The van der Waals surface area contributed by atoms with E-state index in [2.05, 4.69) is 55.8 Å². The molecule has 75 heavy (non-hydrogen) atoms. The zero-order valence-electron chi connectivity index (χ0n) is 46.7. The number of hydrogen-bond donors (Lipinski definition) is 2. The Balaban J connectivity index is 0.000000277. The third-order valence-corrected chi connectivity index (χ3v) is 17.2. The Bertz CT molecular complexity index is 2570. The SMILES string of the molecule is C=C(CN(C)C)C(=O)CCC(NC(=O)[C@@H](CC(=O)CC)Cc1nc2ccc(C)cc2s1)C1CCCCC1.C=C(CN(C)C)C(=O)CCC(NC(=O)[C@@H](CC(=O)CC)Cc1nc2ccc(CC)cc2s1)C1CCCCC1. The molecule has 4 aromatic rings. The molecule has 2 unspecified atom stereocenters. The fourth-order valence-corrected chi connectivity index (χ4v) is 12.9. The first-order chi connectivity index (χ1) is 35.8. The Morgan fingerprint density at radius 1 is 0.613 bits per heavy atom. The van der Waals surface area contributed by atoms with Crippen LogP contribution in [0.15, 0.2) is 60.7 Å². The number of fused-ring (bicyclic) bond motifs is 2. The number of nitrogens with one attached hydrogen (secondary N) is 2. The van der Waals surface area contributed by atoms with Crippen molar-refractivity contribution in [2.45, 2.75) is 175 Å². The molecule has 2 aromatic carbocycles. The van der Waals surface area contributed by atoms with Crippen molar-refractivity contribution < 1.29 is 28.8 Å². The minimum Gasteiger partial charge on any atom is -0.353 e. The summed E-state index contributed by atoms with van der Waals surface area (Å²) in [6, 6.07) is 12.3. The topological polar surface area (TPSA) is 159 Å². The van der Waals surface area contributed by atoms with E-state index < -0.39 is 11.8 Å².